The van der Waals surface area contributed by atoms with E-state index in [1.54, 1.807) is 6.07 Å². The van der Waals surface area contributed by atoms with Gasteiger partial charge >= 0.3 is 0 Å². The van der Waals surface area contributed by atoms with Gasteiger partial charge in [-0.3, -0.25) is 4.79 Å². The molecule has 1 aromatic carbocycles. The summed E-state index contributed by atoms with van der Waals surface area (Å²) in [5.41, 5.74) is 0.116. The summed E-state index contributed by atoms with van der Waals surface area (Å²) < 4.78 is 18.1. The van der Waals surface area contributed by atoms with Crippen LogP contribution in [0.4, 0.5) is 4.39 Å². The Kier molecular flexibility index (Phi) is 4.07. The highest BCUT2D eigenvalue weighted by atomic mass is 79.9. The molecule has 76 valence electrons. The van der Waals surface area contributed by atoms with Crippen LogP contribution in [0.1, 0.15) is 16.8 Å². The van der Waals surface area contributed by atoms with Gasteiger partial charge in [-0.05, 0) is 12.1 Å². The highest BCUT2D eigenvalue weighted by Crippen LogP contribution is 2.17. The van der Waals surface area contributed by atoms with E-state index in [9.17, 15) is 9.18 Å². The highest BCUT2D eigenvalue weighted by molar-refractivity contribution is 9.09. The van der Waals surface area contributed by atoms with E-state index >= 15 is 0 Å². The van der Waals surface area contributed by atoms with Crippen LogP contribution in [0.3, 0.4) is 0 Å². The number of methoxy groups -OCH3 is 1. The first-order valence-corrected chi connectivity index (χ1v) is 5.24. The molecule has 0 aromatic heterocycles. The second kappa shape index (κ2) is 5.10. The highest BCUT2D eigenvalue weighted by Gasteiger charge is 2.11. The summed E-state index contributed by atoms with van der Waals surface area (Å²) in [6, 6.07) is 4.23. The molecule has 0 aliphatic carbocycles. The van der Waals surface area contributed by atoms with Crippen molar-refractivity contribution in [1.82, 2.24) is 0 Å². The fourth-order valence-corrected chi connectivity index (χ4v) is 1.43. The van der Waals surface area contributed by atoms with Gasteiger partial charge in [-0.1, -0.05) is 15.9 Å². The standard InChI is InChI=1S/C10H10BrFO2/c1-14-7-2-3-8(9(12)6-7)10(13)4-5-11/h2-3,6H,4-5H2,1H3. The number of ketones is 1. The van der Waals surface area contributed by atoms with E-state index in [1.807, 2.05) is 0 Å². The Labute approximate surface area is 90.2 Å². The van der Waals surface area contributed by atoms with Crippen molar-refractivity contribution in [3.8, 4) is 5.75 Å². The van der Waals surface area contributed by atoms with E-state index in [2.05, 4.69) is 15.9 Å². The second-order valence-corrected chi connectivity index (χ2v) is 3.50. The van der Waals surface area contributed by atoms with Crippen LogP contribution in [-0.4, -0.2) is 18.2 Å². The van der Waals surface area contributed by atoms with Gasteiger partial charge in [0.05, 0.1) is 12.7 Å². The van der Waals surface area contributed by atoms with Crippen LogP contribution >= 0.6 is 15.9 Å². The van der Waals surface area contributed by atoms with E-state index < -0.39 is 5.82 Å². The van der Waals surface area contributed by atoms with Crippen LogP contribution in [0.2, 0.25) is 0 Å². The Hall–Kier alpha value is -0.900. The SMILES string of the molecule is COc1ccc(C(=O)CCBr)c(F)c1. The van der Waals surface area contributed by atoms with Gasteiger partial charge in [0.25, 0.3) is 0 Å². The molecule has 0 N–H and O–H groups in total. The van der Waals surface area contributed by atoms with Crippen molar-refractivity contribution in [3.63, 3.8) is 0 Å². The average Bonchev–Trinajstić information content (AvgIpc) is 2.17. The maximum Gasteiger partial charge on any atom is 0.166 e. The lowest BCUT2D eigenvalue weighted by Crippen LogP contribution is -2.03. The Morgan fingerprint density at radius 1 is 1.57 bits per heavy atom. The van der Waals surface area contributed by atoms with Crippen molar-refractivity contribution >= 4 is 21.7 Å². The third-order valence-electron chi connectivity index (χ3n) is 1.80. The number of halogens is 2. The lowest BCUT2D eigenvalue weighted by atomic mass is 10.1. The fraction of sp³-hybridized carbons (Fsp3) is 0.300. The van der Waals surface area contributed by atoms with Crippen molar-refractivity contribution in [2.24, 2.45) is 0 Å². The van der Waals surface area contributed by atoms with Crippen molar-refractivity contribution in [2.75, 3.05) is 12.4 Å². The molecule has 0 unspecified atom stereocenters. The Balaban J connectivity index is 2.94. The predicted molar refractivity (Wildman–Crippen MR) is 55.7 cm³/mol. The minimum atomic E-state index is -0.532. The Morgan fingerprint density at radius 3 is 2.79 bits per heavy atom. The van der Waals surface area contributed by atoms with E-state index in [0.29, 0.717) is 17.5 Å². The molecule has 0 atom stereocenters. The number of alkyl halides is 1. The minimum Gasteiger partial charge on any atom is -0.497 e. The molecule has 0 amide bonds. The van der Waals surface area contributed by atoms with E-state index in [0.717, 1.165) is 0 Å². The predicted octanol–water partition coefficient (Wildman–Crippen LogP) is 2.80. The lowest BCUT2D eigenvalue weighted by Gasteiger charge is -2.03. The third kappa shape index (κ3) is 2.54. The number of benzene rings is 1. The molecule has 0 aliphatic rings. The molecule has 1 aromatic rings. The summed E-state index contributed by atoms with van der Waals surface area (Å²) in [5, 5.41) is 0.539. The van der Waals surface area contributed by atoms with Gasteiger partial charge in [0.15, 0.2) is 5.78 Å². The molecule has 14 heavy (non-hydrogen) atoms. The van der Waals surface area contributed by atoms with Gasteiger partial charge in [0, 0.05) is 17.8 Å². The zero-order valence-electron chi connectivity index (χ0n) is 7.72. The topological polar surface area (TPSA) is 26.3 Å². The first-order valence-electron chi connectivity index (χ1n) is 4.11. The minimum absolute atomic E-state index is 0.116. The molecule has 0 bridgehead atoms. The van der Waals surface area contributed by atoms with Gasteiger partial charge in [0.1, 0.15) is 11.6 Å². The Morgan fingerprint density at radius 2 is 2.29 bits per heavy atom. The molecule has 0 radical (unpaired) electrons. The van der Waals surface area contributed by atoms with Crippen LogP contribution < -0.4 is 4.74 Å². The summed E-state index contributed by atoms with van der Waals surface area (Å²) >= 11 is 3.13. The Bertz CT molecular complexity index is 339. The summed E-state index contributed by atoms with van der Waals surface area (Å²) in [6.07, 6.45) is 0.295. The van der Waals surface area contributed by atoms with Gasteiger partial charge in [-0.25, -0.2) is 4.39 Å². The summed E-state index contributed by atoms with van der Waals surface area (Å²) in [6.45, 7) is 0. The van der Waals surface area contributed by atoms with E-state index in [-0.39, 0.29) is 11.3 Å². The fourth-order valence-electron chi connectivity index (χ4n) is 1.07. The first-order chi connectivity index (χ1) is 6.69. The monoisotopic (exact) mass is 260 g/mol. The van der Waals surface area contributed by atoms with E-state index in [4.69, 9.17) is 4.74 Å². The zero-order chi connectivity index (χ0) is 10.6. The maximum absolute atomic E-state index is 13.3. The molecule has 4 heteroatoms. The zero-order valence-corrected chi connectivity index (χ0v) is 9.30. The number of hydrogen-bond acceptors (Lipinski definition) is 2. The van der Waals surface area contributed by atoms with Gasteiger partial charge in [0.2, 0.25) is 0 Å². The number of Topliss-reactive ketones (excluding diaryl/α,β-unsaturated/α-hetero) is 1. The maximum atomic E-state index is 13.3. The third-order valence-corrected chi connectivity index (χ3v) is 2.19. The number of rotatable bonds is 4. The van der Waals surface area contributed by atoms with Crippen molar-refractivity contribution < 1.29 is 13.9 Å². The van der Waals surface area contributed by atoms with Gasteiger partial charge in [-0.2, -0.15) is 0 Å². The summed E-state index contributed by atoms with van der Waals surface area (Å²) in [7, 11) is 1.45. The van der Waals surface area contributed by atoms with Crippen LogP contribution in [0.5, 0.6) is 5.75 Å². The number of hydrogen-bond donors (Lipinski definition) is 0. The smallest absolute Gasteiger partial charge is 0.166 e. The largest absolute Gasteiger partial charge is 0.497 e. The molecular formula is C10H10BrFO2. The first kappa shape index (κ1) is 11.2. The van der Waals surface area contributed by atoms with E-state index in [1.165, 1.54) is 19.2 Å². The summed E-state index contributed by atoms with van der Waals surface area (Å²) in [4.78, 5) is 11.4. The van der Waals surface area contributed by atoms with Crippen molar-refractivity contribution in [3.05, 3.63) is 29.6 Å². The second-order valence-electron chi connectivity index (χ2n) is 2.71. The van der Waals surface area contributed by atoms with Crippen LogP contribution in [-0.2, 0) is 0 Å². The van der Waals surface area contributed by atoms with Crippen molar-refractivity contribution in [1.29, 1.82) is 0 Å². The van der Waals surface area contributed by atoms with Gasteiger partial charge in [-0.15, -0.1) is 0 Å². The average molecular weight is 261 g/mol. The van der Waals surface area contributed by atoms with Gasteiger partial charge < -0.3 is 4.74 Å². The number of carbonyl (C=O) groups is 1. The summed E-state index contributed by atoms with van der Waals surface area (Å²) in [5.74, 6) is -0.324. The molecule has 2 nitrogen and oxygen atoms in total. The molecule has 0 saturated carbocycles. The lowest BCUT2D eigenvalue weighted by molar-refractivity contribution is 0.0986. The number of carbonyl (C=O) groups excluding carboxylic acids is 1. The molecule has 0 spiro atoms. The molecule has 0 saturated heterocycles. The molecule has 0 heterocycles. The quantitative estimate of drug-likeness (QED) is 0.615. The molecule has 0 fully saturated rings. The molecular weight excluding hydrogens is 251 g/mol. The van der Waals surface area contributed by atoms with Crippen LogP contribution in [0, 0.1) is 5.82 Å². The van der Waals surface area contributed by atoms with Crippen molar-refractivity contribution in [2.45, 2.75) is 6.42 Å². The molecule has 1 rings (SSSR count). The molecule has 0 aliphatic heterocycles. The van der Waals surface area contributed by atoms with Crippen LogP contribution in [0.15, 0.2) is 18.2 Å². The number of ether oxygens (including phenoxy) is 1. The van der Waals surface area contributed by atoms with Crippen LogP contribution in [0.25, 0.3) is 0 Å². The normalized spacial score (nSPS) is 9.93.